The summed E-state index contributed by atoms with van der Waals surface area (Å²) in [6.45, 7) is 4.40. The first kappa shape index (κ1) is 22.4. The van der Waals surface area contributed by atoms with Gasteiger partial charge in [0, 0.05) is 28.8 Å². The van der Waals surface area contributed by atoms with E-state index >= 15 is 0 Å². The molecule has 0 unspecified atom stereocenters. The first-order valence-corrected chi connectivity index (χ1v) is 11.1. The van der Waals surface area contributed by atoms with Crippen molar-refractivity contribution in [3.63, 3.8) is 0 Å². The smallest absolute Gasteiger partial charge is 0.230 e. The number of nitriles is 1. The monoisotopic (exact) mass is 440 g/mol. The molecule has 1 fully saturated rings. The van der Waals surface area contributed by atoms with Crippen molar-refractivity contribution in [2.75, 3.05) is 12.0 Å². The molecule has 2 aromatic rings. The Kier molecular flexibility index (Phi) is 6.37. The Hall–Kier alpha value is -3.78. The van der Waals surface area contributed by atoms with Gasteiger partial charge >= 0.3 is 0 Å². The van der Waals surface area contributed by atoms with Crippen LogP contribution in [0.1, 0.15) is 43.4 Å². The summed E-state index contributed by atoms with van der Waals surface area (Å²) in [4.78, 5) is 15.1. The molecule has 4 rings (SSSR count). The third-order valence-corrected chi connectivity index (χ3v) is 5.73. The number of carbonyl (C=O) groups excluding carboxylic acids is 1. The lowest BCUT2D eigenvalue weighted by Gasteiger charge is -2.31. The van der Waals surface area contributed by atoms with Gasteiger partial charge in [-0.15, -0.1) is 0 Å². The van der Waals surface area contributed by atoms with Crippen molar-refractivity contribution in [1.82, 2.24) is 0 Å². The van der Waals surface area contributed by atoms with Gasteiger partial charge in [0.15, 0.2) is 11.5 Å². The number of methoxy groups -OCH3 is 1. The molecule has 168 valence electrons. The van der Waals surface area contributed by atoms with Crippen LogP contribution in [-0.2, 0) is 11.3 Å². The van der Waals surface area contributed by atoms with E-state index in [0.29, 0.717) is 18.0 Å². The normalized spacial score (nSPS) is 16.3. The van der Waals surface area contributed by atoms with E-state index in [4.69, 9.17) is 14.7 Å². The Morgan fingerprint density at radius 3 is 2.82 bits per heavy atom. The van der Waals surface area contributed by atoms with Crippen LogP contribution in [0.15, 0.2) is 60.7 Å². The fourth-order valence-corrected chi connectivity index (χ4v) is 3.87. The second kappa shape index (κ2) is 9.38. The quantitative estimate of drug-likeness (QED) is 0.396. The fourth-order valence-electron chi connectivity index (χ4n) is 3.87. The van der Waals surface area contributed by atoms with E-state index in [0.717, 1.165) is 35.2 Å². The molecule has 1 aliphatic heterocycles. The molecule has 0 bridgehead atoms. The third kappa shape index (κ3) is 5.18. The van der Waals surface area contributed by atoms with E-state index in [1.165, 1.54) is 6.08 Å². The fraction of sp³-hybridized carbons (Fsp3) is 0.286. The summed E-state index contributed by atoms with van der Waals surface area (Å²) in [5.74, 6) is 1.57. The molecule has 1 heterocycles. The summed E-state index contributed by atoms with van der Waals surface area (Å²) in [5, 5.41) is 8.65. The molecule has 2 aliphatic rings. The van der Waals surface area contributed by atoms with Gasteiger partial charge in [0.05, 0.1) is 19.7 Å². The average molecular weight is 441 g/mol. The highest BCUT2D eigenvalue weighted by atomic mass is 16.5. The van der Waals surface area contributed by atoms with Crippen LogP contribution in [0.2, 0.25) is 0 Å². The zero-order valence-corrected chi connectivity index (χ0v) is 19.2. The van der Waals surface area contributed by atoms with E-state index < -0.39 is 5.60 Å². The lowest BCUT2D eigenvalue weighted by atomic mass is 9.99. The molecule has 2 aromatic carbocycles. The number of hydrogen-bond donors (Lipinski definition) is 0. The van der Waals surface area contributed by atoms with E-state index in [-0.39, 0.29) is 11.8 Å². The Morgan fingerprint density at radius 1 is 1.27 bits per heavy atom. The maximum absolute atomic E-state index is 13.3. The van der Waals surface area contributed by atoms with Crippen LogP contribution in [0.25, 0.3) is 12.2 Å². The highest BCUT2D eigenvalue weighted by molar-refractivity contribution is 5.96. The summed E-state index contributed by atoms with van der Waals surface area (Å²) in [7, 11) is 1.64. The maximum Gasteiger partial charge on any atom is 0.230 e. The highest BCUT2D eigenvalue weighted by Crippen LogP contribution is 2.42. The van der Waals surface area contributed by atoms with Gasteiger partial charge in [-0.05, 0) is 50.5 Å². The van der Waals surface area contributed by atoms with Crippen LogP contribution in [0, 0.1) is 17.2 Å². The van der Waals surface area contributed by atoms with Gasteiger partial charge in [-0.2, -0.15) is 5.26 Å². The summed E-state index contributed by atoms with van der Waals surface area (Å²) in [6, 6.07) is 13.9. The van der Waals surface area contributed by atoms with E-state index in [9.17, 15) is 4.79 Å². The van der Waals surface area contributed by atoms with Gasteiger partial charge in [0.2, 0.25) is 5.91 Å². The van der Waals surface area contributed by atoms with E-state index in [1.54, 1.807) is 13.2 Å². The number of amides is 1. The third-order valence-electron chi connectivity index (χ3n) is 5.73. The van der Waals surface area contributed by atoms with Crippen molar-refractivity contribution >= 4 is 23.7 Å². The Balaban J connectivity index is 1.69. The Labute approximate surface area is 195 Å². The Morgan fingerprint density at radius 2 is 2.09 bits per heavy atom. The van der Waals surface area contributed by atoms with Crippen LogP contribution in [0.4, 0.5) is 5.69 Å². The van der Waals surface area contributed by atoms with Gasteiger partial charge in [-0.3, -0.25) is 4.79 Å². The van der Waals surface area contributed by atoms with Crippen molar-refractivity contribution in [3.05, 3.63) is 77.4 Å². The van der Waals surface area contributed by atoms with Crippen molar-refractivity contribution in [2.24, 2.45) is 5.92 Å². The maximum atomic E-state index is 13.3. The first-order chi connectivity index (χ1) is 15.9. The van der Waals surface area contributed by atoms with Gasteiger partial charge in [0.25, 0.3) is 0 Å². The minimum atomic E-state index is -0.427. The number of ether oxygens (including phenoxy) is 2. The summed E-state index contributed by atoms with van der Waals surface area (Å²) in [6.07, 6.45) is 12.8. The lowest BCUT2D eigenvalue weighted by molar-refractivity contribution is -0.119. The Bertz CT molecular complexity index is 1180. The molecule has 0 saturated heterocycles. The summed E-state index contributed by atoms with van der Waals surface area (Å²) in [5.41, 5.74) is 3.22. The molecule has 0 aromatic heterocycles. The standard InChI is InChI=1S/C28H28N2O3/c1-28(2)16-15-21-11-14-23(25(32-3)26(21)33-28)19-30(27(31)22-12-13-22)24-10-7-9-20(18-24)8-5-4-6-17-29/h4-11,14-16,18,22H,12-13,19H2,1-3H3/b6-4+,8-5+. The number of carbonyl (C=O) groups is 1. The number of benzene rings is 2. The number of hydrogen-bond acceptors (Lipinski definition) is 4. The van der Waals surface area contributed by atoms with Crippen molar-refractivity contribution in [2.45, 2.75) is 38.8 Å². The number of allylic oxidation sites excluding steroid dienone is 3. The summed E-state index contributed by atoms with van der Waals surface area (Å²) >= 11 is 0. The van der Waals surface area contributed by atoms with Gasteiger partial charge in [-0.25, -0.2) is 0 Å². The van der Waals surface area contributed by atoms with Crippen LogP contribution in [0.3, 0.4) is 0 Å². The molecule has 1 saturated carbocycles. The van der Waals surface area contributed by atoms with Gasteiger partial charge < -0.3 is 14.4 Å². The molecule has 0 spiro atoms. The predicted octanol–water partition coefficient (Wildman–Crippen LogP) is 5.92. The zero-order valence-electron chi connectivity index (χ0n) is 19.2. The van der Waals surface area contributed by atoms with Crippen LogP contribution < -0.4 is 14.4 Å². The molecule has 5 nitrogen and oxygen atoms in total. The van der Waals surface area contributed by atoms with E-state index in [1.807, 2.05) is 79.4 Å². The summed E-state index contributed by atoms with van der Waals surface area (Å²) < 4.78 is 12.0. The number of fused-ring (bicyclic) bond motifs is 1. The highest BCUT2D eigenvalue weighted by Gasteiger charge is 2.35. The molecule has 5 heteroatoms. The molecule has 0 radical (unpaired) electrons. The minimum absolute atomic E-state index is 0.0736. The first-order valence-electron chi connectivity index (χ1n) is 11.1. The van der Waals surface area contributed by atoms with Crippen molar-refractivity contribution in [1.29, 1.82) is 5.26 Å². The average Bonchev–Trinajstić information content (AvgIpc) is 3.65. The SMILES string of the molecule is COc1c(CN(C(=O)C2CC2)c2cccc(/C=C/C=C/C#N)c2)ccc2c1OC(C)(C)C=C2. The molecular weight excluding hydrogens is 412 g/mol. The molecule has 0 N–H and O–H groups in total. The van der Waals surface area contributed by atoms with Crippen LogP contribution in [0.5, 0.6) is 11.5 Å². The zero-order chi connectivity index (χ0) is 23.4. The van der Waals surface area contributed by atoms with Crippen molar-refractivity contribution < 1.29 is 14.3 Å². The molecular formula is C28H28N2O3. The predicted molar refractivity (Wildman–Crippen MR) is 131 cm³/mol. The number of nitrogens with zero attached hydrogens (tertiary/aromatic N) is 2. The second-order valence-electron chi connectivity index (χ2n) is 8.86. The minimum Gasteiger partial charge on any atom is -0.492 e. The van der Waals surface area contributed by atoms with Crippen LogP contribution >= 0.6 is 0 Å². The second-order valence-corrected chi connectivity index (χ2v) is 8.86. The topological polar surface area (TPSA) is 62.6 Å². The van der Waals surface area contributed by atoms with Crippen LogP contribution in [-0.4, -0.2) is 18.6 Å². The largest absolute Gasteiger partial charge is 0.492 e. The van der Waals surface area contributed by atoms with Gasteiger partial charge in [0.1, 0.15) is 5.60 Å². The molecule has 1 amide bonds. The number of rotatable bonds is 7. The molecule has 33 heavy (non-hydrogen) atoms. The molecule has 1 aliphatic carbocycles. The van der Waals surface area contributed by atoms with Crippen molar-refractivity contribution in [3.8, 4) is 17.6 Å². The van der Waals surface area contributed by atoms with E-state index in [2.05, 4.69) is 6.08 Å². The van der Waals surface area contributed by atoms with Gasteiger partial charge in [-0.1, -0.05) is 48.6 Å². The lowest BCUT2D eigenvalue weighted by Crippen LogP contribution is -2.32. The number of anilines is 1. The molecule has 0 atom stereocenters.